The van der Waals surface area contributed by atoms with Gasteiger partial charge in [0.05, 0.1) is 19.2 Å². The van der Waals surface area contributed by atoms with E-state index in [4.69, 9.17) is 10.5 Å². The number of thioether (sulfide) groups is 1. The molecule has 1 aromatic heterocycles. The molecule has 1 aliphatic carbocycles. The summed E-state index contributed by atoms with van der Waals surface area (Å²) < 4.78 is 4.76. The number of methoxy groups -OCH3 is 1. The molecule has 110 valence electrons. The molecule has 1 aromatic rings. The molecule has 0 bridgehead atoms. The molecule has 1 aliphatic rings. The van der Waals surface area contributed by atoms with Crippen molar-refractivity contribution < 1.29 is 9.53 Å². The van der Waals surface area contributed by atoms with Gasteiger partial charge in [-0.2, -0.15) is 11.8 Å². The number of anilines is 1. The first-order chi connectivity index (χ1) is 9.47. The van der Waals surface area contributed by atoms with Crippen molar-refractivity contribution in [1.29, 1.82) is 0 Å². The second-order valence-corrected chi connectivity index (χ2v) is 6.66. The second kappa shape index (κ2) is 6.04. The Morgan fingerprint density at radius 2 is 2.20 bits per heavy atom. The van der Waals surface area contributed by atoms with Gasteiger partial charge in [-0.1, -0.05) is 0 Å². The number of carbonyl (C=O) groups excluding carboxylic acids is 1. The monoisotopic (exact) mass is 294 g/mol. The lowest BCUT2D eigenvalue weighted by molar-refractivity contribution is -0.141. The van der Waals surface area contributed by atoms with Crippen molar-refractivity contribution >= 4 is 23.4 Å². The average molecular weight is 294 g/mol. The number of hydrogen-bond acceptors (Lipinski definition) is 5. The highest BCUT2D eigenvalue weighted by atomic mass is 32.2. The number of nitrogens with zero attached hydrogens (tertiary/aromatic N) is 1. The van der Waals surface area contributed by atoms with Crippen LogP contribution in [0.15, 0.2) is 6.20 Å². The molecule has 1 fully saturated rings. The third-order valence-electron chi connectivity index (χ3n) is 4.03. The molecule has 0 aromatic carbocycles. The van der Waals surface area contributed by atoms with Gasteiger partial charge < -0.3 is 10.5 Å². The maximum atomic E-state index is 11.4. The molecule has 5 heteroatoms. The molecule has 0 saturated heterocycles. The van der Waals surface area contributed by atoms with Crippen LogP contribution in [0.5, 0.6) is 0 Å². The number of hydrogen-bond donors (Lipinski definition) is 1. The Morgan fingerprint density at radius 1 is 1.50 bits per heavy atom. The Kier molecular flexibility index (Phi) is 4.58. The van der Waals surface area contributed by atoms with Crippen LogP contribution >= 0.6 is 11.8 Å². The normalized spacial score (nSPS) is 15.9. The van der Waals surface area contributed by atoms with E-state index in [1.165, 1.54) is 7.11 Å². The highest BCUT2D eigenvalue weighted by molar-refractivity contribution is 7.98. The molecule has 2 rings (SSSR count). The number of pyridine rings is 1. The molecule has 0 radical (unpaired) electrons. The summed E-state index contributed by atoms with van der Waals surface area (Å²) in [6, 6.07) is 0. The minimum atomic E-state index is -0.100. The fourth-order valence-electron chi connectivity index (χ4n) is 2.23. The van der Waals surface area contributed by atoms with Crippen molar-refractivity contribution in [1.82, 2.24) is 4.98 Å². The van der Waals surface area contributed by atoms with Crippen molar-refractivity contribution in [3.63, 3.8) is 0 Å². The summed E-state index contributed by atoms with van der Waals surface area (Å²) in [6.07, 6.45) is 4.62. The zero-order valence-corrected chi connectivity index (χ0v) is 13.2. The average Bonchev–Trinajstić information content (AvgIpc) is 3.18. The van der Waals surface area contributed by atoms with E-state index in [2.05, 4.69) is 4.98 Å². The van der Waals surface area contributed by atoms with Gasteiger partial charge in [0.1, 0.15) is 0 Å². The van der Waals surface area contributed by atoms with Crippen molar-refractivity contribution in [3.05, 3.63) is 23.0 Å². The number of carbonyl (C=O) groups is 1. The van der Waals surface area contributed by atoms with Crippen molar-refractivity contribution in [2.45, 2.75) is 38.9 Å². The van der Waals surface area contributed by atoms with Gasteiger partial charge in [-0.3, -0.25) is 9.78 Å². The first kappa shape index (κ1) is 15.2. The molecule has 1 saturated carbocycles. The summed E-state index contributed by atoms with van der Waals surface area (Å²) >= 11 is 1.83. The minimum absolute atomic E-state index is 0.100. The Bertz CT molecular complexity index is 513. The van der Waals surface area contributed by atoms with Crippen molar-refractivity contribution in [2.24, 2.45) is 5.41 Å². The van der Waals surface area contributed by atoms with Crippen LogP contribution in [0.4, 0.5) is 5.69 Å². The molecule has 0 unspecified atom stereocenters. The molecule has 4 nitrogen and oxygen atoms in total. The molecule has 20 heavy (non-hydrogen) atoms. The smallest absolute Gasteiger partial charge is 0.306 e. The fraction of sp³-hybridized carbons (Fsp3) is 0.600. The zero-order chi connectivity index (χ0) is 14.8. The minimum Gasteiger partial charge on any atom is -0.469 e. The number of nitrogens with two attached hydrogens (primary N) is 1. The van der Waals surface area contributed by atoms with E-state index in [-0.39, 0.29) is 11.4 Å². The summed E-state index contributed by atoms with van der Waals surface area (Å²) in [6.45, 7) is 3.99. The second-order valence-electron chi connectivity index (χ2n) is 5.67. The lowest BCUT2D eigenvalue weighted by Gasteiger charge is -2.14. The van der Waals surface area contributed by atoms with Crippen LogP contribution in [0.3, 0.4) is 0 Å². The first-order valence-electron chi connectivity index (χ1n) is 6.82. The molecule has 0 spiro atoms. The summed E-state index contributed by atoms with van der Waals surface area (Å²) in [7, 11) is 1.45. The fourth-order valence-corrected chi connectivity index (χ4v) is 3.64. The predicted molar refractivity (Wildman–Crippen MR) is 82.6 cm³/mol. The summed E-state index contributed by atoms with van der Waals surface area (Å²) in [5.74, 6) is 1.73. The Morgan fingerprint density at radius 3 is 2.80 bits per heavy atom. The SMILES string of the molecule is COC(=O)CC1(CSCc2ncc(C)c(N)c2C)CC1. The van der Waals surface area contributed by atoms with E-state index in [9.17, 15) is 4.79 Å². The van der Waals surface area contributed by atoms with E-state index in [1.54, 1.807) is 0 Å². The van der Waals surface area contributed by atoms with E-state index in [0.29, 0.717) is 6.42 Å². The number of aryl methyl sites for hydroxylation is 1. The van der Waals surface area contributed by atoms with Crippen LogP contribution in [0.2, 0.25) is 0 Å². The van der Waals surface area contributed by atoms with Crippen molar-refractivity contribution in [3.8, 4) is 0 Å². The third-order valence-corrected chi connectivity index (χ3v) is 5.32. The zero-order valence-electron chi connectivity index (χ0n) is 12.4. The van der Waals surface area contributed by atoms with Gasteiger partial charge in [0.25, 0.3) is 0 Å². The molecule has 0 atom stereocenters. The number of ether oxygens (including phenoxy) is 1. The maximum Gasteiger partial charge on any atom is 0.306 e. The van der Waals surface area contributed by atoms with Crippen LogP contribution in [0.25, 0.3) is 0 Å². The van der Waals surface area contributed by atoms with Crippen LogP contribution in [-0.2, 0) is 15.3 Å². The Balaban J connectivity index is 1.88. The van der Waals surface area contributed by atoms with Crippen LogP contribution < -0.4 is 5.73 Å². The lowest BCUT2D eigenvalue weighted by Crippen LogP contribution is -2.13. The van der Waals surface area contributed by atoms with Gasteiger partial charge in [0.15, 0.2) is 0 Å². The summed E-state index contributed by atoms with van der Waals surface area (Å²) in [5, 5.41) is 0. The topological polar surface area (TPSA) is 65.2 Å². The predicted octanol–water partition coefficient (Wildman–Crippen LogP) is 2.86. The number of esters is 1. The van der Waals surface area contributed by atoms with Gasteiger partial charge >= 0.3 is 5.97 Å². The molecule has 0 amide bonds. The molecular weight excluding hydrogens is 272 g/mol. The highest BCUT2D eigenvalue weighted by Gasteiger charge is 2.44. The molecule has 0 aliphatic heterocycles. The number of nitrogen functional groups attached to an aromatic ring is 1. The van der Waals surface area contributed by atoms with Gasteiger partial charge in [-0.05, 0) is 49.0 Å². The van der Waals surface area contributed by atoms with Gasteiger partial charge in [-0.25, -0.2) is 0 Å². The van der Waals surface area contributed by atoms with E-state index < -0.39 is 0 Å². The first-order valence-corrected chi connectivity index (χ1v) is 7.98. The summed E-state index contributed by atoms with van der Waals surface area (Å²) in [4.78, 5) is 15.8. The van der Waals surface area contributed by atoms with Crippen LogP contribution in [0.1, 0.15) is 36.1 Å². The maximum absolute atomic E-state index is 11.4. The largest absolute Gasteiger partial charge is 0.469 e. The highest BCUT2D eigenvalue weighted by Crippen LogP contribution is 2.51. The van der Waals surface area contributed by atoms with Crippen LogP contribution in [0, 0.1) is 19.3 Å². The van der Waals surface area contributed by atoms with Gasteiger partial charge in [0, 0.05) is 17.6 Å². The number of aromatic nitrogens is 1. The third kappa shape index (κ3) is 3.45. The standard InChI is InChI=1S/C15H22N2O2S/c1-10-7-17-12(11(2)14(10)16)8-20-9-15(4-5-15)6-13(18)19-3/h7H,4-6,8-9H2,1-3H3,(H2,16,17). The molecule has 2 N–H and O–H groups in total. The summed E-state index contributed by atoms with van der Waals surface area (Å²) in [5.41, 5.74) is 10.2. The van der Waals surface area contributed by atoms with E-state index in [0.717, 1.165) is 46.9 Å². The van der Waals surface area contributed by atoms with E-state index in [1.807, 2.05) is 31.8 Å². The van der Waals surface area contributed by atoms with E-state index >= 15 is 0 Å². The Hall–Kier alpha value is -1.23. The molecular formula is C15H22N2O2S. The number of rotatable bonds is 6. The molecule has 1 heterocycles. The van der Waals surface area contributed by atoms with Crippen molar-refractivity contribution in [2.75, 3.05) is 18.6 Å². The Labute approximate surface area is 124 Å². The van der Waals surface area contributed by atoms with Crippen LogP contribution in [-0.4, -0.2) is 23.8 Å². The van der Waals surface area contributed by atoms with Gasteiger partial charge in [-0.15, -0.1) is 0 Å². The quantitative estimate of drug-likeness (QED) is 0.817. The lowest BCUT2D eigenvalue weighted by atomic mass is 10.1. The van der Waals surface area contributed by atoms with Gasteiger partial charge in [0.2, 0.25) is 0 Å².